The summed E-state index contributed by atoms with van der Waals surface area (Å²) in [6.45, 7) is 0.175. The molecule has 0 aliphatic carbocycles. The van der Waals surface area contributed by atoms with Crippen molar-refractivity contribution >= 4 is 23.4 Å². The Morgan fingerprint density at radius 2 is 2.15 bits per heavy atom. The number of primary amides is 1. The van der Waals surface area contributed by atoms with Gasteiger partial charge in [0.25, 0.3) is 5.91 Å². The maximum absolute atomic E-state index is 11.8. The van der Waals surface area contributed by atoms with Crippen molar-refractivity contribution in [2.45, 2.75) is 12.8 Å². The molecule has 0 unspecified atom stereocenters. The molecule has 0 saturated carbocycles. The molecule has 5 nitrogen and oxygen atoms in total. The molecule has 20 heavy (non-hydrogen) atoms. The molecule has 4 N–H and O–H groups in total. The monoisotopic (exact) mass is 294 g/mol. The predicted molar refractivity (Wildman–Crippen MR) is 76.2 cm³/mol. The molecule has 0 heterocycles. The van der Waals surface area contributed by atoms with E-state index in [4.69, 9.17) is 22.4 Å². The molecule has 0 bridgehead atoms. The summed E-state index contributed by atoms with van der Waals surface area (Å²) in [5.41, 5.74) is 5.95. The Hall–Kier alpha value is -2.03. The molecule has 106 valence electrons. The van der Waals surface area contributed by atoms with Crippen LogP contribution in [0.15, 0.2) is 18.2 Å². The first-order valence-corrected chi connectivity index (χ1v) is 6.38. The van der Waals surface area contributed by atoms with Crippen LogP contribution in [0.25, 0.3) is 0 Å². The number of hydrogen-bond donors (Lipinski definition) is 3. The van der Waals surface area contributed by atoms with E-state index in [9.17, 15) is 9.59 Å². The standard InChI is InChI=1S/C14H15ClN2O3/c15-12-9-11(14(20)17-7-6-13(16)19)5-4-10(12)3-1-2-8-18/h4-5,9,18H,2,6-8H2,(H2,16,19)(H,17,20). The molecular formula is C14H15ClN2O3. The van der Waals surface area contributed by atoms with Crippen molar-refractivity contribution < 1.29 is 14.7 Å². The van der Waals surface area contributed by atoms with E-state index in [1.54, 1.807) is 12.1 Å². The number of rotatable bonds is 5. The summed E-state index contributed by atoms with van der Waals surface area (Å²) in [4.78, 5) is 22.3. The van der Waals surface area contributed by atoms with Crippen LogP contribution in [0.5, 0.6) is 0 Å². The summed E-state index contributed by atoms with van der Waals surface area (Å²) in [7, 11) is 0. The van der Waals surface area contributed by atoms with Gasteiger partial charge in [0.2, 0.25) is 5.91 Å². The van der Waals surface area contributed by atoms with Gasteiger partial charge in [-0.3, -0.25) is 9.59 Å². The second-order valence-electron chi connectivity index (χ2n) is 3.94. The lowest BCUT2D eigenvalue weighted by Gasteiger charge is -2.05. The lowest BCUT2D eigenvalue weighted by molar-refractivity contribution is -0.117. The number of benzene rings is 1. The van der Waals surface area contributed by atoms with Crippen molar-refractivity contribution in [3.05, 3.63) is 34.3 Å². The molecule has 0 atom stereocenters. The van der Waals surface area contributed by atoms with E-state index < -0.39 is 5.91 Å². The molecule has 0 aromatic heterocycles. The number of carbonyl (C=O) groups excluding carboxylic acids is 2. The van der Waals surface area contributed by atoms with E-state index in [2.05, 4.69) is 17.2 Å². The van der Waals surface area contributed by atoms with Crippen LogP contribution >= 0.6 is 11.6 Å². The van der Waals surface area contributed by atoms with Crippen LogP contribution in [0.4, 0.5) is 0 Å². The quantitative estimate of drug-likeness (QED) is 0.697. The number of aliphatic hydroxyl groups is 1. The van der Waals surface area contributed by atoms with Gasteiger partial charge in [0.05, 0.1) is 11.6 Å². The maximum Gasteiger partial charge on any atom is 0.251 e. The molecule has 2 amide bonds. The Kier molecular flexibility index (Phi) is 6.57. The van der Waals surface area contributed by atoms with E-state index in [-0.39, 0.29) is 25.5 Å². The number of nitrogens with two attached hydrogens (primary N) is 1. The van der Waals surface area contributed by atoms with Crippen LogP contribution in [-0.2, 0) is 4.79 Å². The van der Waals surface area contributed by atoms with Crippen molar-refractivity contribution in [1.82, 2.24) is 5.32 Å². The van der Waals surface area contributed by atoms with Crippen molar-refractivity contribution in [3.63, 3.8) is 0 Å². The Balaban J connectivity index is 2.69. The number of nitrogens with one attached hydrogen (secondary N) is 1. The average molecular weight is 295 g/mol. The van der Waals surface area contributed by atoms with Gasteiger partial charge in [0.15, 0.2) is 0 Å². The van der Waals surface area contributed by atoms with Crippen LogP contribution in [0.1, 0.15) is 28.8 Å². The van der Waals surface area contributed by atoms with Gasteiger partial charge in [0, 0.05) is 30.5 Å². The number of carbonyl (C=O) groups is 2. The minimum atomic E-state index is -0.474. The zero-order chi connectivity index (χ0) is 15.0. The van der Waals surface area contributed by atoms with Crippen molar-refractivity contribution in [3.8, 4) is 11.8 Å². The fourth-order valence-electron chi connectivity index (χ4n) is 1.37. The van der Waals surface area contributed by atoms with Crippen LogP contribution in [0.3, 0.4) is 0 Å². The first-order valence-electron chi connectivity index (χ1n) is 6.00. The molecule has 1 aromatic carbocycles. The van der Waals surface area contributed by atoms with E-state index in [1.165, 1.54) is 6.07 Å². The summed E-state index contributed by atoms with van der Waals surface area (Å²) >= 11 is 6.02. The van der Waals surface area contributed by atoms with Gasteiger partial charge in [-0.05, 0) is 18.2 Å². The largest absolute Gasteiger partial charge is 0.395 e. The molecule has 1 rings (SSSR count). The first-order chi connectivity index (χ1) is 9.54. The smallest absolute Gasteiger partial charge is 0.251 e. The molecule has 0 aliphatic rings. The Morgan fingerprint density at radius 3 is 2.75 bits per heavy atom. The molecule has 0 spiro atoms. The fraction of sp³-hybridized carbons (Fsp3) is 0.286. The third-order valence-electron chi connectivity index (χ3n) is 2.35. The van der Waals surface area contributed by atoms with Gasteiger partial charge >= 0.3 is 0 Å². The molecule has 0 saturated heterocycles. The van der Waals surface area contributed by atoms with Gasteiger partial charge in [-0.1, -0.05) is 23.4 Å². The van der Waals surface area contributed by atoms with E-state index in [0.717, 1.165) is 0 Å². The van der Waals surface area contributed by atoms with Crippen LogP contribution in [-0.4, -0.2) is 30.1 Å². The lowest BCUT2D eigenvalue weighted by Crippen LogP contribution is -2.27. The average Bonchev–Trinajstić information content (AvgIpc) is 2.40. The van der Waals surface area contributed by atoms with Gasteiger partial charge < -0.3 is 16.2 Å². The number of amides is 2. The topological polar surface area (TPSA) is 92.4 Å². The Morgan fingerprint density at radius 1 is 1.40 bits per heavy atom. The summed E-state index contributed by atoms with van der Waals surface area (Å²) in [6, 6.07) is 4.73. The van der Waals surface area contributed by atoms with Crippen molar-refractivity contribution in [1.29, 1.82) is 0 Å². The van der Waals surface area contributed by atoms with E-state index in [1.807, 2.05) is 0 Å². The number of hydrogen-bond acceptors (Lipinski definition) is 3. The van der Waals surface area contributed by atoms with Crippen LogP contribution < -0.4 is 11.1 Å². The van der Waals surface area contributed by atoms with Gasteiger partial charge in [-0.25, -0.2) is 0 Å². The highest BCUT2D eigenvalue weighted by molar-refractivity contribution is 6.32. The van der Waals surface area contributed by atoms with Crippen molar-refractivity contribution in [2.75, 3.05) is 13.2 Å². The molecule has 1 aromatic rings. The minimum absolute atomic E-state index is 0.00896. The SMILES string of the molecule is NC(=O)CCNC(=O)c1ccc(C#CCCO)c(Cl)c1. The maximum atomic E-state index is 11.8. The Labute approximate surface area is 122 Å². The Bertz CT molecular complexity index is 561. The third kappa shape index (κ3) is 5.31. The second-order valence-corrected chi connectivity index (χ2v) is 4.35. The summed E-state index contributed by atoms with van der Waals surface area (Å²) < 4.78 is 0. The van der Waals surface area contributed by atoms with E-state index in [0.29, 0.717) is 22.6 Å². The van der Waals surface area contributed by atoms with Crippen LogP contribution in [0.2, 0.25) is 5.02 Å². The second kappa shape index (κ2) is 8.20. The summed E-state index contributed by atoms with van der Waals surface area (Å²) in [5, 5.41) is 11.6. The minimum Gasteiger partial charge on any atom is -0.395 e. The van der Waals surface area contributed by atoms with Gasteiger partial charge in [-0.2, -0.15) is 0 Å². The van der Waals surface area contributed by atoms with Crippen molar-refractivity contribution in [2.24, 2.45) is 5.73 Å². The van der Waals surface area contributed by atoms with Gasteiger partial charge in [-0.15, -0.1) is 0 Å². The number of halogens is 1. The lowest BCUT2D eigenvalue weighted by atomic mass is 10.1. The zero-order valence-electron chi connectivity index (χ0n) is 10.8. The van der Waals surface area contributed by atoms with E-state index >= 15 is 0 Å². The molecular weight excluding hydrogens is 280 g/mol. The molecule has 0 fully saturated rings. The zero-order valence-corrected chi connectivity index (χ0v) is 11.5. The first kappa shape index (κ1) is 16.0. The molecule has 6 heteroatoms. The van der Waals surface area contributed by atoms with Gasteiger partial charge in [0.1, 0.15) is 0 Å². The highest BCUT2D eigenvalue weighted by atomic mass is 35.5. The predicted octanol–water partition coefficient (Wildman–Crippen LogP) is 0.679. The summed E-state index contributed by atoms with van der Waals surface area (Å²) in [5.74, 6) is 4.75. The highest BCUT2D eigenvalue weighted by Gasteiger charge is 2.08. The third-order valence-corrected chi connectivity index (χ3v) is 2.66. The highest BCUT2D eigenvalue weighted by Crippen LogP contribution is 2.17. The van der Waals surface area contributed by atoms with Crippen LogP contribution in [0, 0.1) is 11.8 Å². The molecule has 0 aliphatic heterocycles. The fourth-order valence-corrected chi connectivity index (χ4v) is 1.60. The summed E-state index contributed by atoms with van der Waals surface area (Å²) in [6.07, 6.45) is 0.454. The number of aliphatic hydroxyl groups excluding tert-OH is 1. The molecule has 0 radical (unpaired) electrons. The normalized spacial score (nSPS) is 9.50.